The molecule has 1 heterocycles. The van der Waals surface area contributed by atoms with Crippen molar-refractivity contribution in [2.75, 3.05) is 33.3 Å². The molecular formula is C26H37N3O6S. The highest BCUT2D eigenvalue weighted by atomic mass is 32.2. The number of aliphatic hydroxyl groups is 1. The molecule has 0 aromatic heterocycles. The molecule has 0 saturated carbocycles. The van der Waals surface area contributed by atoms with Gasteiger partial charge in [-0.3, -0.25) is 0 Å². The topological polar surface area (TPSA) is 117 Å². The summed E-state index contributed by atoms with van der Waals surface area (Å²) in [6, 6.07) is 14.8. The summed E-state index contributed by atoms with van der Waals surface area (Å²) in [6.07, 6.45) is -0.990. The van der Waals surface area contributed by atoms with Crippen molar-refractivity contribution in [2.24, 2.45) is 5.92 Å². The number of carbonyl (C=O) groups excluding carboxylic acids is 1. The van der Waals surface area contributed by atoms with Crippen molar-refractivity contribution in [3.8, 4) is 5.75 Å². The second-order valence-electron chi connectivity index (χ2n) is 9.42. The van der Waals surface area contributed by atoms with E-state index in [2.05, 4.69) is 10.6 Å². The zero-order valence-electron chi connectivity index (χ0n) is 21.1. The fourth-order valence-electron chi connectivity index (χ4n) is 4.13. The molecule has 36 heavy (non-hydrogen) atoms. The highest BCUT2D eigenvalue weighted by Gasteiger charge is 2.32. The van der Waals surface area contributed by atoms with E-state index in [0.29, 0.717) is 18.7 Å². The van der Waals surface area contributed by atoms with Gasteiger partial charge in [-0.05, 0) is 55.1 Å². The first-order valence-electron chi connectivity index (χ1n) is 12.2. The third-order valence-corrected chi connectivity index (χ3v) is 7.86. The van der Waals surface area contributed by atoms with E-state index in [4.69, 9.17) is 9.47 Å². The summed E-state index contributed by atoms with van der Waals surface area (Å²) in [5.41, 5.74) is 0.901. The standard InChI is InChI=1S/C26H37N3O6S/c1-19(2)17-29(36(32,33)23-11-9-21(34-3)10-12-23)18-25(30)24(15-20-7-5-4-6-8-20)28-26(31)35-22-13-14-27-16-22/h4-12,19,22,24-25,27,30H,13-18H2,1-3H3,(H,28,31)/t22-,24-,25+/m0/s1. The Labute approximate surface area is 213 Å². The summed E-state index contributed by atoms with van der Waals surface area (Å²) in [6.45, 7) is 5.21. The Kier molecular flexibility index (Phi) is 10.1. The Balaban J connectivity index is 1.80. The van der Waals surface area contributed by atoms with Crippen LogP contribution in [0.25, 0.3) is 0 Å². The average molecular weight is 520 g/mol. The second-order valence-corrected chi connectivity index (χ2v) is 11.4. The number of methoxy groups -OCH3 is 1. The molecule has 1 aliphatic rings. The van der Waals surface area contributed by atoms with Gasteiger partial charge in [0.25, 0.3) is 0 Å². The largest absolute Gasteiger partial charge is 0.497 e. The number of nitrogens with zero attached hydrogens (tertiary/aromatic N) is 1. The Hall–Kier alpha value is -2.66. The number of ether oxygens (including phenoxy) is 2. The monoisotopic (exact) mass is 519 g/mol. The number of carbonyl (C=O) groups is 1. The predicted octanol–water partition coefficient (Wildman–Crippen LogP) is 2.40. The summed E-state index contributed by atoms with van der Waals surface area (Å²) < 4.78 is 38.9. The van der Waals surface area contributed by atoms with Gasteiger partial charge in [0, 0.05) is 19.6 Å². The predicted molar refractivity (Wildman–Crippen MR) is 137 cm³/mol. The van der Waals surface area contributed by atoms with E-state index >= 15 is 0 Å². The first kappa shape index (κ1) is 27.9. The van der Waals surface area contributed by atoms with Crippen molar-refractivity contribution < 1.29 is 27.8 Å². The number of alkyl carbamates (subject to hydrolysis) is 1. The number of rotatable bonds is 12. The highest BCUT2D eigenvalue weighted by Crippen LogP contribution is 2.22. The molecular weight excluding hydrogens is 482 g/mol. The molecule has 2 aromatic carbocycles. The summed E-state index contributed by atoms with van der Waals surface area (Å²) in [5, 5.41) is 17.2. The number of sulfonamides is 1. The minimum absolute atomic E-state index is 0.0191. The minimum atomic E-state index is -3.90. The molecule has 1 saturated heterocycles. The maximum atomic E-state index is 13.5. The van der Waals surface area contributed by atoms with Crippen molar-refractivity contribution in [1.29, 1.82) is 0 Å². The number of aliphatic hydroxyl groups excluding tert-OH is 1. The van der Waals surface area contributed by atoms with Gasteiger partial charge in [-0.2, -0.15) is 4.31 Å². The van der Waals surface area contributed by atoms with Crippen LogP contribution in [0, 0.1) is 5.92 Å². The molecule has 0 bridgehead atoms. The van der Waals surface area contributed by atoms with Crippen LogP contribution in [-0.4, -0.2) is 75.5 Å². The van der Waals surface area contributed by atoms with Crippen molar-refractivity contribution in [3.05, 3.63) is 60.2 Å². The van der Waals surface area contributed by atoms with Gasteiger partial charge in [0.05, 0.1) is 24.2 Å². The van der Waals surface area contributed by atoms with Crippen LogP contribution in [0.1, 0.15) is 25.8 Å². The molecule has 1 fully saturated rings. The summed E-state index contributed by atoms with van der Waals surface area (Å²) in [5.74, 6) is 0.568. The van der Waals surface area contributed by atoms with Crippen molar-refractivity contribution in [3.63, 3.8) is 0 Å². The van der Waals surface area contributed by atoms with Gasteiger partial charge in [-0.15, -0.1) is 0 Å². The molecule has 198 valence electrons. The normalized spacial score (nSPS) is 17.7. The van der Waals surface area contributed by atoms with E-state index in [1.165, 1.54) is 23.5 Å². The Bertz CT molecular complexity index is 1060. The molecule has 0 unspecified atom stereocenters. The molecule has 9 nitrogen and oxygen atoms in total. The number of hydrogen-bond acceptors (Lipinski definition) is 7. The van der Waals surface area contributed by atoms with Crippen LogP contribution < -0.4 is 15.4 Å². The summed E-state index contributed by atoms with van der Waals surface area (Å²) in [4.78, 5) is 12.7. The lowest BCUT2D eigenvalue weighted by molar-refractivity contribution is 0.0756. The fraction of sp³-hybridized carbons (Fsp3) is 0.500. The average Bonchev–Trinajstić information content (AvgIpc) is 3.36. The van der Waals surface area contributed by atoms with E-state index in [1.54, 1.807) is 12.1 Å². The van der Waals surface area contributed by atoms with Crippen LogP contribution in [0.5, 0.6) is 5.75 Å². The molecule has 0 spiro atoms. The molecule has 1 amide bonds. The number of amides is 1. The van der Waals surface area contributed by atoms with Gasteiger partial charge in [-0.1, -0.05) is 44.2 Å². The zero-order valence-corrected chi connectivity index (χ0v) is 21.9. The van der Waals surface area contributed by atoms with Crippen LogP contribution in [-0.2, 0) is 21.2 Å². The molecule has 3 atom stereocenters. The van der Waals surface area contributed by atoms with E-state index in [9.17, 15) is 18.3 Å². The van der Waals surface area contributed by atoms with Crippen LogP contribution >= 0.6 is 0 Å². The smallest absolute Gasteiger partial charge is 0.407 e. The van der Waals surface area contributed by atoms with Gasteiger partial charge in [-0.25, -0.2) is 13.2 Å². The Morgan fingerprint density at radius 2 is 1.83 bits per heavy atom. The maximum Gasteiger partial charge on any atom is 0.407 e. The molecule has 3 rings (SSSR count). The van der Waals surface area contributed by atoms with Crippen LogP contribution in [0.4, 0.5) is 4.79 Å². The molecule has 0 radical (unpaired) electrons. The molecule has 3 N–H and O–H groups in total. The Morgan fingerprint density at radius 3 is 2.42 bits per heavy atom. The van der Waals surface area contributed by atoms with Gasteiger partial charge in [0.15, 0.2) is 0 Å². The molecule has 1 aliphatic heterocycles. The van der Waals surface area contributed by atoms with Crippen LogP contribution in [0.2, 0.25) is 0 Å². The van der Waals surface area contributed by atoms with E-state index in [1.807, 2.05) is 44.2 Å². The van der Waals surface area contributed by atoms with Gasteiger partial charge in [0.2, 0.25) is 10.0 Å². The Morgan fingerprint density at radius 1 is 1.14 bits per heavy atom. The lowest BCUT2D eigenvalue weighted by Gasteiger charge is -2.30. The van der Waals surface area contributed by atoms with Gasteiger partial charge >= 0.3 is 6.09 Å². The third kappa shape index (κ3) is 7.92. The zero-order chi connectivity index (χ0) is 26.1. The quantitative estimate of drug-likeness (QED) is 0.394. The van der Waals surface area contributed by atoms with Gasteiger partial charge < -0.3 is 25.2 Å². The minimum Gasteiger partial charge on any atom is -0.497 e. The van der Waals surface area contributed by atoms with Crippen molar-refractivity contribution >= 4 is 16.1 Å². The van der Waals surface area contributed by atoms with E-state index in [0.717, 1.165) is 18.5 Å². The lowest BCUT2D eigenvalue weighted by Crippen LogP contribution is -2.51. The van der Waals surface area contributed by atoms with Crippen LogP contribution in [0.15, 0.2) is 59.5 Å². The first-order chi connectivity index (χ1) is 17.2. The lowest BCUT2D eigenvalue weighted by atomic mass is 10.0. The molecule has 2 aromatic rings. The number of benzene rings is 2. The van der Waals surface area contributed by atoms with E-state index in [-0.39, 0.29) is 30.0 Å². The third-order valence-electron chi connectivity index (χ3n) is 6.01. The second kappa shape index (κ2) is 13.0. The summed E-state index contributed by atoms with van der Waals surface area (Å²) >= 11 is 0. The van der Waals surface area contributed by atoms with Crippen molar-refractivity contribution in [1.82, 2.24) is 14.9 Å². The number of hydrogen-bond donors (Lipinski definition) is 3. The van der Waals surface area contributed by atoms with Crippen molar-refractivity contribution in [2.45, 2.75) is 49.8 Å². The SMILES string of the molecule is COc1ccc(S(=O)(=O)N(CC(C)C)C[C@@H](O)[C@H](Cc2ccccc2)NC(=O)O[C@H]2CCNC2)cc1. The molecule has 0 aliphatic carbocycles. The van der Waals surface area contributed by atoms with Gasteiger partial charge in [0.1, 0.15) is 11.9 Å². The van der Waals surface area contributed by atoms with E-state index < -0.39 is 28.3 Å². The maximum absolute atomic E-state index is 13.5. The first-order valence-corrected chi connectivity index (χ1v) is 13.7. The molecule has 10 heteroatoms. The fourth-order valence-corrected chi connectivity index (χ4v) is 5.75. The van der Waals surface area contributed by atoms with Crippen LogP contribution in [0.3, 0.4) is 0 Å². The number of nitrogens with one attached hydrogen (secondary N) is 2. The summed E-state index contributed by atoms with van der Waals surface area (Å²) in [7, 11) is -2.39. The highest BCUT2D eigenvalue weighted by molar-refractivity contribution is 7.89.